The van der Waals surface area contributed by atoms with Crippen LogP contribution in [0.1, 0.15) is 36.5 Å². The quantitative estimate of drug-likeness (QED) is 0.856. The topological polar surface area (TPSA) is 96.3 Å². The molecule has 136 valence electrons. The fourth-order valence-electron chi connectivity index (χ4n) is 3.67. The lowest BCUT2D eigenvalue weighted by Gasteiger charge is -2.42. The molecule has 0 bridgehead atoms. The van der Waals surface area contributed by atoms with Crippen molar-refractivity contribution in [1.82, 2.24) is 4.90 Å². The number of hydrogen-bond donors (Lipinski definition) is 2. The molecule has 0 spiro atoms. The van der Waals surface area contributed by atoms with E-state index in [2.05, 4.69) is 0 Å². The van der Waals surface area contributed by atoms with E-state index in [1.165, 1.54) is 4.90 Å². The van der Waals surface area contributed by atoms with Gasteiger partial charge in [-0.2, -0.15) is 0 Å². The highest BCUT2D eigenvalue weighted by atomic mass is 16.6. The number of aliphatic hydroxyl groups is 1. The van der Waals surface area contributed by atoms with Gasteiger partial charge in [-0.1, -0.05) is 19.4 Å². The van der Waals surface area contributed by atoms with E-state index in [1.54, 1.807) is 18.2 Å². The number of ether oxygens (including phenoxy) is 2. The number of carbonyl (C=O) groups excluding carboxylic acids is 1. The molecular formula is C18H23NO6. The number of aliphatic carboxylic acids is 1. The second kappa shape index (κ2) is 6.92. The first-order valence-corrected chi connectivity index (χ1v) is 8.59. The summed E-state index contributed by atoms with van der Waals surface area (Å²) in [5.41, 5.74) is -0.802. The number of carbonyl (C=O) groups is 2. The van der Waals surface area contributed by atoms with Gasteiger partial charge in [0.05, 0.1) is 17.1 Å². The Kier molecular flexibility index (Phi) is 4.85. The van der Waals surface area contributed by atoms with Crippen LogP contribution in [0.5, 0.6) is 11.5 Å². The largest absolute Gasteiger partial charge is 0.486 e. The Labute approximate surface area is 146 Å². The summed E-state index contributed by atoms with van der Waals surface area (Å²) in [4.78, 5) is 26.1. The molecule has 1 aromatic carbocycles. The van der Waals surface area contributed by atoms with Gasteiger partial charge in [-0.15, -0.1) is 0 Å². The first-order valence-electron chi connectivity index (χ1n) is 8.59. The molecule has 0 saturated carbocycles. The van der Waals surface area contributed by atoms with Crippen molar-refractivity contribution < 1.29 is 29.3 Å². The molecule has 25 heavy (non-hydrogen) atoms. The minimum Gasteiger partial charge on any atom is -0.486 e. The van der Waals surface area contributed by atoms with E-state index in [4.69, 9.17) is 9.47 Å². The molecule has 0 radical (unpaired) electrons. The molecule has 3 rings (SSSR count). The molecule has 7 heteroatoms. The normalized spacial score (nSPS) is 25.5. The van der Waals surface area contributed by atoms with Gasteiger partial charge in [-0.05, 0) is 25.0 Å². The fourth-order valence-corrected chi connectivity index (χ4v) is 3.67. The van der Waals surface area contributed by atoms with E-state index in [0.717, 1.165) is 0 Å². The number of para-hydroxylation sites is 1. The van der Waals surface area contributed by atoms with E-state index < -0.39 is 17.5 Å². The van der Waals surface area contributed by atoms with Crippen LogP contribution >= 0.6 is 0 Å². The number of carboxylic acid groups (broad SMARTS) is 1. The molecule has 1 fully saturated rings. The van der Waals surface area contributed by atoms with E-state index in [9.17, 15) is 19.8 Å². The first kappa shape index (κ1) is 17.5. The number of rotatable bonds is 4. The SMILES string of the molecule is CCC[C@]1(C(=O)O)CCN(C(=O)c2cccc3c2OCCO3)C[C@H]1O. The molecule has 1 aromatic rings. The number of fused-ring (bicyclic) bond motifs is 1. The molecule has 2 atom stereocenters. The van der Waals surface area contributed by atoms with Crippen LogP contribution < -0.4 is 9.47 Å². The zero-order chi connectivity index (χ0) is 18.0. The van der Waals surface area contributed by atoms with Gasteiger partial charge >= 0.3 is 5.97 Å². The molecule has 2 aliphatic heterocycles. The van der Waals surface area contributed by atoms with Crippen LogP contribution in [0.15, 0.2) is 18.2 Å². The molecule has 0 aromatic heterocycles. The van der Waals surface area contributed by atoms with Crippen LogP contribution in [-0.2, 0) is 4.79 Å². The van der Waals surface area contributed by atoms with Crippen molar-refractivity contribution in [2.45, 2.75) is 32.3 Å². The van der Waals surface area contributed by atoms with Crippen LogP contribution in [0.3, 0.4) is 0 Å². The van der Waals surface area contributed by atoms with E-state index >= 15 is 0 Å². The number of piperidine rings is 1. The number of aliphatic hydroxyl groups excluding tert-OH is 1. The Morgan fingerprint density at radius 2 is 2.08 bits per heavy atom. The molecule has 2 N–H and O–H groups in total. The first-order chi connectivity index (χ1) is 12.0. The molecular weight excluding hydrogens is 326 g/mol. The minimum atomic E-state index is -1.18. The molecule has 2 aliphatic rings. The van der Waals surface area contributed by atoms with Crippen LogP contribution in [0.4, 0.5) is 0 Å². The molecule has 7 nitrogen and oxygen atoms in total. The van der Waals surface area contributed by atoms with Gasteiger partial charge in [0, 0.05) is 13.1 Å². The highest BCUT2D eigenvalue weighted by Crippen LogP contribution is 2.39. The number of likely N-dealkylation sites (tertiary alicyclic amines) is 1. The predicted molar refractivity (Wildman–Crippen MR) is 88.9 cm³/mol. The standard InChI is InChI=1S/C18H23NO6/c1-2-6-18(17(22)23)7-8-19(11-14(18)20)16(21)12-4-3-5-13-15(12)25-10-9-24-13/h3-5,14,20H,2,6-11H2,1H3,(H,22,23)/t14-,18+/m1/s1. The molecule has 0 aliphatic carbocycles. The van der Waals surface area contributed by atoms with Crippen LogP contribution in [0, 0.1) is 5.41 Å². The van der Waals surface area contributed by atoms with Crippen LogP contribution in [-0.4, -0.2) is 59.4 Å². The van der Waals surface area contributed by atoms with Crippen molar-refractivity contribution in [1.29, 1.82) is 0 Å². The lowest BCUT2D eigenvalue weighted by atomic mass is 9.72. The third-order valence-electron chi connectivity index (χ3n) is 5.06. The molecule has 0 unspecified atom stereocenters. The summed E-state index contributed by atoms with van der Waals surface area (Å²) >= 11 is 0. The third kappa shape index (κ3) is 3.04. The Bertz CT molecular complexity index is 676. The maximum atomic E-state index is 12.9. The lowest BCUT2D eigenvalue weighted by molar-refractivity contribution is -0.162. The highest BCUT2D eigenvalue weighted by molar-refractivity contribution is 5.98. The van der Waals surface area contributed by atoms with Gasteiger partial charge in [0.25, 0.3) is 5.91 Å². The third-order valence-corrected chi connectivity index (χ3v) is 5.06. The average Bonchev–Trinajstić information content (AvgIpc) is 2.62. The summed E-state index contributed by atoms with van der Waals surface area (Å²) in [7, 11) is 0. The van der Waals surface area contributed by atoms with Crippen molar-refractivity contribution in [3.63, 3.8) is 0 Å². The van der Waals surface area contributed by atoms with Crippen LogP contribution in [0.25, 0.3) is 0 Å². The summed E-state index contributed by atoms with van der Waals surface area (Å²) in [6.45, 7) is 2.98. The Morgan fingerprint density at radius 1 is 1.32 bits per heavy atom. The van der Waals surface area contributed by atoms with Crippen molar-refractivity contribution in [3.8, 4) is 11.5 Å². The Morgan fingerprint density at radius 3 is 2.76 bits per heavy atom. The number of benzene rings is 1. The van der Waals surface area contributed by atoms with Crippen molar-refractivity contribution >= 4 is 11.9 Å². The summed E-state index contributed by atoms with van der Waals surface area (Å²) < 4.78 is 11.1. The molecule has 1 amide bonds. The zero-order valence-electron chi connectivity index (χ0n) is 14.2. The lowest BCUT2D eigenvalue weighted by Crippen LogP contribution is -2.56. The maximum Gasteiger partial charge on any atom is 0.312 e. The summed E-state index contributed by atoms with van der Waals surface area (Å²) in [5.74, 6) is -0.336. The maximum absolute atomic E-state index is 12.9. The van der Waals surface area contributed by atoms with Crippen molar-refractivity contribution in [3.05, 3.63) is 23.8 Å². The second-order valence-electron chi connectivity index (χ2n) is 6.56. The number of hydrogen-bond acceptors (Lipinski definition) is 5. The zero-order valence-corrected chi connectivity index (χ0v) is 14.2. The van der Waals surface area contributed by atoms with Gasteiger partial charge in [0.15, 0.2) is 11.5 Å². The molecule has 2 heterocycles. The fraction of sp³-hybridized carbons (Fsp3) is 0.556. The van der Waals surface area contributed by atoms with Gasteiger partial charge in [0.1, 0.15) is 13.2 Å². The van der Waals surface area contributed by atoms with Gasteiger partial charge in [-0.3, -0.25) is 9.59 Å². The summed E-state index contributed by atoms with van der Waals surface area (Å²) in [6.07, 6.45) is 0.187. The number of β-amino-alcohol motifs (C(OH)–C–C–N with tert-alkyl or cyclic N) is 1. The monoisotopic (exact) mass is 349 g/mol. The van der Waals surface area contributed by atoms with Gasteiger partial charge in [-0.25, -0.2) is 0 Å². The summed E-state index contributed by atoms with van der Waals surface area (Å²) in [5, 5.41) is 20.1. The van der Waals surface area contributed by atoms with Gasteiger partial charge < -0.3 is 24.6 Å². The second-order valence-corrected chi connectivity index (χ2v) is 6.56. The highest BCUT2D eigenvalue weighted by Gasteiger charge is 2.48. The Hall–Kier alpha value is -2.28. The van der Waals surface area contributed by atoms with E-state index in [-0.39, 0.29) is 25.4 Å². The smallest absolute Gasteiger partial charge is 0.312 e. The molecule has 1 saturated heterocycles. The van der Waals surface area contributed by atoms with Crippen molar-refractivity contribution in [2.75, 3.05) is 26.3 Å². The Balaban J connectivity index is 1.81. The van der Waals surface area contributed by atoms with E-state index in [1.807, 2.05) is 6.92 Å². The van der Waals surface area contributed by atoms with Gasteiger partial charge in [0.2, 0.25) is 0 Å². The average molecular weight is 349 g/mol. The number of amides is 1. The number of nitrogens with zero attached hydrogens (tertiary/aromatic N) is 1. The summed E-state index contributed by atoms with van der Waals surface area (Å²) in [6, 6.07) is 5.13. The number of carboxylic acids is 1. The van der Waals surface area contributed by atoms with E-state index in [0.29, 0.717) is 43.1 Å². The predicted octanol–water partition coefficient (Wildman–Crippen LogP) is 1.54. The van der Waals surface area contributed by atoms with Crippen LogP contribution in [0.2, 0.25) is 0 Å². The van der Waals surface area contributed by atoms with Crippen molar-refractivity contribution in [2.24, 2.45) is 5.41 Å². The minimum absolute atomic E-state index is 0.00431.